The van der Waals surface area contributed by atoms with E-state index in [4.69, 9.17) is 11.0 Å². The lowest BCUT2D eigenvalue weighted by Crippen LogP contribution is -2.04. The standard InChI is InChI=1S/C16H15N3O2/c1-21-16(20)12-4-7-14(18)15(10-12)19-13-5-2-11(3-6-13)8-9-17/h2-7,10,19H,8,18H2,1H3. The summed E-state index contributed by atoms with van der Waals surface area (Å²) in [6.45, 7) is 0. The largest absolute Gasteiger partial charge is 0.465 e. The Bertz CT molecular complexity index is 688. The molecule has 0 aliphatic carbocycles. The minimum Gasteiger partial charge on any atom is -0.465 e. The lowest BCUT2D eigenvalue weighted by atomic mass is 10.1. The van der Waals surface area contributed by atoms with Crippen LogP contribution in [0.25, 0.3) is 0 Å². The van der Waals surface area contributed by atoms with Gasteiger partial charge in [0, 0.05) is 5.69 Å². The molecule has 0 aliphatic heterocycles. The Morgan fingerprint density at radius 3 is 2.62 bits per heavy atom. The summed E-state index contributed by atoms with van der Waals surface area (Å²) in [4.78, 5) is 11.5. The van der Waals surface area contributed by atoms with E-state index < -0.39 is 5.97 Å². The molecule has 106 valence electrons. The third kappa shape index (κ3) is 3.51. The maximum Gasteiger partial charge on any atom is 0.337 e. The highest BCUT2D eigenvalue weighted by molar-refractivity contribution is 5.92. The van der Waals surface area contributed by atoms with Gasteiger partial charge in [0.25, 0.3) is 0 Å². The van der Waals surface area contributed by atoms with Crippen LogP contribution in [-0.4, -0.2) is 13.1 Å². The molecule has 0 aliphatic rings. The molecule has 2 aromatic rings. The molecule has 2 rings (SSSR count). The number of methoxy groups -OCH3 is 1. The van der Waals surface area contributed by atoms with Gasteiger partial charge in [-0.2, -0.15) is 5.26 Å². The minimum absolute atomic E-state index is 0.375. The number of anilines is 3. The van der Waals surface area contributed by atoms with E-state index in [2.05, 4.69) is 16.1 Å². The summed E-state index contributed by atoms with van der Waals surface area (Å²) in [5.74, 6) is -0.414. The fraction of sp³-hybridized carbons (Fsp3) is 0.125. The van der Waals surface area contributed by atoms with Crippen LogP contribution >= 0.6 is 0 Å². The van der Waals surface area contributed by atoms with Crippen LogP contribution in [0.15, 0.2) is 42.5 Å². The van der Waals surface area contributed by atoms with Crippen LogP contribution < -0.4 is 11.1 Å². The highest BCUT2D eigenvalue weighted by atomic mass is 16.5. The monoisotopic (exact) mass is 281 g/mol. The van der Waals surface area contributed by atoms with E-state index in [0.29, 0.717) is 23.4 Å². The molecule has 21 heavy (non-hydrogen) atoms. The van der Waals surface area contributed by atoms with Crippen molar-refractivity contribution in [2.24, 2.45) is 0 Å². The average molecular weight is 281 g/mol. The smallest absolute Gasteiger partial charge is 0.337 e. The van der Waals surface area contributed by atoms with Crippen LogP contribution in [-0.2, 0) is 11.2 Å². The predicted molar refractivity (Wildman–Crippen MR) is 81.2 cm³/mol. The molecule has 5 heteroatoms. The van der Waals surface area contributed by atoms with E-state index in [1.165, 1.54) is 7.11 Å². The zero-order valence-electron chi connectivity index (χ0n) is 11.6. The SMILES string of the molecule is COC(=O)c1ccc(N)c(Nc2ccc(CC#N)cc2)c1. The number of nitriles is 1. The van der Waals surface area contributed by atoms with Crippen LogP contribution in [0.1, 0.15) is 15.9 Å². The first-order valence-corrected chi connectivity index (χ1v) is 6.35. The van der Waals surface area contributed by atoms with Crippen LogP contribution in [0, 0.1) is 11.3 Å². The Hall–Kier alpha value is -3.00. The molecular formula is C16H15N3O2. The van der Waals surface area contributed by atoms with Crippen molar-refractivity contribution in [2.45, 2.75) is 6.42 Å². The second-order valence-corrected chi connectivity index (χ2v) is 4.45. The van der Waals surface area contributed by atoms with Gasteiger partial charge in [-0.25, -0.2) is 4.79 Å². The van der Waals surface area contributed by atoms with Gasteiger partial charge in [0.2, 0.25) is 0 Å². The number of esters is 1. The Morgan fingerprint density at radius 2 is 2.00 bits per heavy atom. The highest BCUT2D eigenvalue weighted by Crippen LogP contribution is 2.25. The van der Waals surface area contributed by atoms with Gasteiger partial charge < -0.3 is 15.8 Å². The van der Waals surface area contributed by atoms with Crippen molar-refractivity contribution in [1.82, 2.24) is 0 Å². The van der Waals surface area contributed by atoms with Gasteiger partial charge in [-0.15, -0.1) is 0 Å². The van der Waals surface area contributed by atoms with Crippen molar-refractivity contribution in [3.05, 3.63) is 53.6 Å². The van der Waals surface area contributed by atoms with Crippen LogP contribution in [0.2, 0.25) is 0 Å². The van der Waals surface area contributed by atoms with Crippen LogP contribution in [0.5, 0.6) is 0 Å². The lowest BCUT2D eigenvalue weighted by molar-refractivity contribution is 0.0601. The molecular weight excluding hydrogens is 266 g/mol. The molecule has 2 aromatic carbocycles. The van der Waals surface area contributed by atoms with Crippen molar-refractivity contribution in [1.29, 1.82) is 5.26 Å². The van der Waals surface area contributed by atoms with Crippen LogP contribution in [0.3, 0.4) is 0 Å². The summed E-state index contributed by atoms with van der Waals surface area (Å²) in [7, 11) is 1.33. The fourth-order valence-electron chi connectivity index (χ4n) is 1.86. The number of nitrogens with one attached hydrogen (secondary N) is 1. The number of hydrogen-bond acceptors (Lipinski definition) is 5. The summed E-state index contributed by atoms with van der Waals surface area (Å²) < 4.78 is 4.69. The molecule has 0 saturated carbocycles. The number of carbonyl (C=O) groups excluding carboxylic acids is 1. The van der Waals surface area contributed by atoms with E-state index in [0.717, 1.165) is 11.3 Å². The lowest BCUT2D eigenvalue weighted by Gasteiger charge is -2.11. The minimum atomic E-state index is -0.414. The molecule has 0 saturated heterocycles. The Labute approximate surface area is 123 Å². The molecule has 3 N–H and O–H groups in total. The number of nitrogen functional groups attached to an aromatic ring is 1. The number of nitrogens with two attached hydrogens (primary N) is 1. The van der Waals surface area contributed by atoms with E-state index in [-0.39, 0.29) is 0 Å². The van der Waals surface area contributed by atoms with Gasteiger partial charge in [0.15, 0.2) is 0 Å². The number of nitrogens with zero attached hydrogens (tertiary/aromatic N) is 1. The van der Waals surface area contributed by atoms with E-state index in [1.807, 2.05) is 24.3 Å². The molecule has 0 fully saturated rings. The highest BCUT2D eigenvalue weighted by Gasteiger charge is 2.08. The summed E-state index contributed by atoms with van der Waals surface area (Å²) in [6.07, 6.45) is 0.375. The second kappa shape index (κ2) is 6.44. The number of hydrogen-bond donors (Lipinski definition) is 2. The summed E-state index contributed by atoms with van der Waals surface area (Å²) in [6, 6.07) is 14.5. The molecule has 0 bridgehead atoms. The third-order valence-corrected chi connectivity index (χ3v) is 2.99. The van der Waals surface area contributed by atoms with Gasteiger partial charge in [-0.05, 0) is 35.9 Å². The molecule has 0 spiro atoms. The number of carbonyl (C=O) groups is 1. The van der Waals surface area contributed by atoms with Crippen molar-refractivity contribution in [2.75, 3.05) is 18.2 Å². The first-order chi connectivity index (χ1) is 10.1. The van der Waals surface area contributed by atoms with E-state index in [9.17, 15) is 4.79 Å². The van der Waals surface area contributed by atoms with Crippen molar-refractivity contribution in [3.63, 3.8) is 0 Å². The van der Waals surface area contributed by atoms with Gasteiger partial charge in [0.1, 0.15) is 0 Å². The summed E-state index contributed by atoms with van der Waals surface area (Å²) in [5, 5.41) is 11.8. The Morgan fingerprint density at radius 1 is 1.29 bits per heavy atom. The van der Waals surface area contributed by atoms with Gasteiger partial charge in [-0.3, -0.25) is 0 Å². The molecule has 0 unspecified atom stereocenters. The molecule has 0 heterocycles. The number of ether oxygens (including phenoxy) is 1. The van der Waals surface area contributed by atoms with Gasteiger partial charge >= 0.3 is 5.97 Å². The van der Waals surface area contributed by atoms with Crippen molar-refractivity contribution >= 4 is 23.0 Å². The van der Waals surface area contributed by atoms with Crippen molar-refractivity contribution < 1.29 is 9.53 Å². The van der Waals surface area contributed by atoms with E-state index >= 15 is 0 Å². The number of benzene rings is 2. The normalized spacial score (nSPS) is 9.71. The molecule has 0 aromatic heterocycles. The zero-order chi connectivity index (χ0) is 15.2. The first-order valence-electron chi connectivity index (χ1n) is 6.35. The topological polar surface area (TPSA) is 88.1 Å². The van der Waals surface area contributed by atoms with E-state index in [1.54, 1.807) is 18.2 Å². The molecule has 0 atom stereocenters. The summed E-state index contributed by atoms with van der Waals surface area (Å²) >= 11 is 0. The third-order valence-electron chi connectivity index (χ3n) is 2.99. The summed E-state index contributed by atoms with van der Waals surface area (Å²) in [5.41, 5.74) is 9.26. The molecule has 5 nitrogen and oxygen atoms in total. The van der Waals surface area contributed by atoms with Gasteiger partial charge in [0.05, 0.1) is 36.5 Å². The Kier molecular flexibility index (Phi) is 4.42. The molecule has 0 radical (unpaired) electrons. The van der Waals surface area contributed by atoms with Crippen LogP contribution in [0.4, 0.5) is 17.1 Å². The zero-order valence-corrected chi connectivity index (χ0v) is 11.6. The Balaban J connectivity index is 2.22. The molecule has 0 amide bonds. The van der Waals surface area contributed by atoms with Gasteiger partial charge in [-0.1, -0.05) is 12.1 Å². The second-order valence-electron chi connectivity index (χ2n) is 4.45. The fourth-order valence-corrected chi connectivity index (χ4v) is 1.86. The van der Waals surface area contributed by atoms with Crippen molar-refractivity contribution in [3.8, 4) is 6.07 Å². The predicted octanol–water partition coefficient (Wildman–Crippen LogP) is 2.87. The maximum atomic E-state index is 11.5. The quantitative estimate of drug-likeness (QED) is 0.664. The number of rotatable bonds is 4. The maximum absolute atomic E-state index is 11.5. The average Bonchev–Trinajstić information content (AvgIpc) is 2.51. The first kappa shape index (κ1) is 14.4.